The third-order valence-electron chi connectivity index (χ3n) is 1.15. The van der Waals surface area contributed by atoms with Crippen LogP contribution in [0, 0.1) is 0 Å². The summed E-state index contributed by atoms with van der Waals surface area (Å²) >= 11 is 1.99. The molecule has 0 fully saturated rings. The van der Waals surface area contributed by atoms with E-state index in [0.717, 1.165) is 13.0 Å². The number of rotatable bonds is 5. The summed E-state index contributed by atoms with van der Waals surface area (Å²) in [4.78, 5) is 0. The molecule has 0 bridgehead atoms. The van der Waals surface area contributed by atoms with Crippen LogP contribution < -0.4 is 0 Å². The maximum absolute atomic E-state index is 5.72. The van der Waals surface area contributed by atoms with Gasteiger partial charge in [0.1, 0.15) is 0 Å². The van der Waals surface area contributed by atoms with E-state index in [9.17, 15) is 0 Å². The van der Waals surface area contributed by atoms with Gasteiger partial charge < -0.3 is 4.43 Å². The minimum Gasteiger partial charge on any atom is -0.407 e. The normalized spacial score (nSPS) is 10.0. The van der Waals surface area contributed by atoms with Crippen LogP contribution in [0.3, 0.4) is 0 Å². The summed E-state index contributed by atoms with van der Waals surface area (Å²) in [6.07, 6.45) is 1.14. The van der Waals surface area contributed by atoms with Crippen molar-refractivity contribution in [2.75, 3.05) is 12.4 Å². The zero-order valence-electron chi connectivity index (χ0n) is 7.44. The highest BCUT2D eigenvalue weighted by Crippen LogP contribution is 2.20. The molecule has 0 rings (SSSR count). The Morgan fingerprint density at radius 2 is 1.67 bits per heavy atom. The van der Waals surface area contributed by atoms with Crippen molar-refractivity contribution in [2.45, 2.75) is 48.2 Å². The molecular formula is C9H26OSSi. The Kier molecular flexibility index (Phi) is 14.7. The van der Waals surface area contributed by atoms with Crippen molar-refractivity contribution < 1.29 is 4.43 Å². The van der Waals surface area contributed by atoms with E-state index in [-0.39, 0.29) is 14.9 Å². The number of hydrogen-bond donors (Lipinski definition) is 0. The van der Waals surface area contributed by atoms with Gasteiger partial charge in [0, 0.05) is 6.61 Å². The van der Waals surface area contributed by atoms with Crippen LogP contribution in [-0.4, -0.2) is 19.8 Å². The van der Waals surface area contributed by atoms with Crippen molar-refractivity contribution >= 4 is 18.7 Å². The maximum atomic E-state index is 5.72. The molecular weight excluding hydrogens is 184 g/mol. The van der Waals surface area contributed by atoms with Crippen LogP contribution in [0.4, 0.5) is 0 Å². The van der Waals surface area contributed by atoms with E-state index < -0.39 is 7.47 Å². The minimum absolute atomic E-state index is 0. The third-order valence-corrected chi connectivity index (χ3v) is 6.33. The maximum Gasteiger partial charge on any atom is 0.247 e. The van der Waals surface area contributed by atoms with Crippen LogP contribution in [0.5, 0.6) is 0 Å². The monoisotopic (exact) mass is 210 g/mol. The van der Waals surface area contributed by atoms with Gasteiger partial charge in [0.05, 0.1) is 0 Å². The Bertz CT molecular complexity index is 86.6. The van der Waals surface area contributed by atoms with Gasteiger partial charge in [0.2, 0.25) is 7.47 Å². The van der Waals surface area contributed by atoms with Gasteiger partial charge in [0.15, 0.2) is 0 Å². The molecule has 3 heteroatoms. The van der Waals surface area contributed by atoms with Crippen LogP contribution in [0.2, 0.25) is 13.1 Å². The highest BCUT2D eigenvalue weighted by atomic mass is 32.4. The predicted octanol–water partition coefficient (Wildman–Crippen LogP) is 4.14. The van der Waals surface area contributed by atoms with Crippen LogP contribution in [-0.2, 0) is 4.43 Å². The van der Waals surface area contributed by atoms with Gasteiger partial charge in [-0.15, -0.1) is 0 Å². The molecule has 1 nitrogen and oxygen atoms in total. The fourth-order valence-electron chi connectivity index (χ4n) is 0.737. The van der Waals surface area contributed by atoms with E-state index in [4.69, 9.17) is 4.43 Å². The first-order chi connectivity index (χ1) is 4.62. The summed E-state index contributed by atoms with van der Waals surface area (Å²) in [6, 6.07) is 0. The van der Waals surface area contributed by atoms with E-state index in [1.54, 1.807) is 0 Å². The summed E-state index contributed by atoms with van der Waals surface area (Å²) in [5, 5.41) is 0. The Morgan fingerprint density at radius 1 is 1.17 bits per heavy atom. The molecule has 0 N–H and O–H groups in total. The zero-order chi connectivity index (χ0) is 8.04. The van der Waals surface area contributed by atoms with Crippen molar-refractivity contribution in [3.05, 3.63) is 0 Å². The van der Waals surface area contributed by atoms with Gasteiger partial charge in [-0.2, -0.15) is 11.2 Å². The molecule has 0 aromatic carbocycles. The second-order valence-electron chi connectivity index (χ2n) is 2.68. The molecule has 0 spiro atoms. The van der Waals surface area contributed by atoms with Gasteiger partial charge in [-0.05, 0) is 25.3 Å². The average Bonchev–Trinajstić information content (AvgIpc) is 1.84. The lowest BCUT2D eigenvalue weighted by molar-refractivity contribution is 0.321. The van der Waals surface area contributed by atoms with Crippen molar-refractivity contribution in [1.29, 1.82) is 0 Å². The Balaban J connectivity index is -0.000000405. The second kappa shape index (κ2) is 9.61. The summed E-state index contributed by atoms with van der Waals surface area (Å²) in [6.45, 7) is 9.80. The van der Waals surface area contributed by atoms with E-state index in [0.29, 0.717) is 0 Å². The summed E-state index contributed by atoms with van der Waals surface area (Å²) < 4.78 is 5.72. The minimum atomic E-state index is -1.31. The van der Waals surface area contributed by atoms with E-state index in [1.165, 1.54) is 5.75 Å². The highest BCUT2D eigenvalue weighted by molar-refractivity contribution is 8.27. The smallest absolute Gasteiger partial charge is 0.247 e. The molecule has 0 atom stereocenters. The Morgan fingerprint density at radius 3 is 2.00 bits per heavy atom. The molecule has 12 heavy (non-hydrogen) atoms. The van der Waals surface area contributed by atoms with Crippen molar-refractivity contribution in [3.63, 3.8) is 0 Å². The van der Waals surface area contributed by atoms with Gasteiger partial charge in [0.25, 0.3) is 0 Å². The molecule has 0 saturated carbocycles. The van der Waals surface area contributed by atoms with E-state index >= 15 is 0 Å². The van der Waals surface area contributed by atoms with Gasteiger partial charge >= 0.3 is 0 Å². The third kappa shape index (κ3) is 10.5. The highest BCUT2D eigenvalue weighted by Gasteiger charge is 2.21. The molecule has 0 aliphatic carbocycles. The topological polar surface area (TPSA) is 9.23 Å². The first-order valence-corrected chi connectivity index (χ1v) is 8.52. The molecule has 0 amide bonds. The van der Waals surface area contributed by atoms with Crippen molar-refractivity contribution in [2.24, 2.45) is 0 Å². The fourth-order valence-corrected chi connectivity index (χ4v) is 4.80. The SMILES string of the molecule is C.C.CCCO[Si](C)(C)SCC. The molecule has 0 aromatic rings. The summed E-state index contributed by atoms with van der Waals surface area (Å²) in [5.74, 6) is 1.18. The molecule has 0 radical (unpaired) electrons. The lowest BCUT2D eigenvalue weighted by Gasteiger charge is -2.20. The van der Waals surface area contributed by atoms with Gasteiger partial charge in [-0.3, -0.25) is 0 Å². The fraction of sp³-hybridized carbons (Fsp3) is 1.00. The lowest BCUT2D eigenvalue weighted by Crippen LogP contribution is -2.26. The second-order valence-corrected chi connectivity index (χ2v) is 10.5. The van der Waals surface area contributed by atoms with Crippen molar-refractivity contribution in [1.82, 2.24) is 0 Å². The first kappa shape index (κ1) is 18.3. The molecule has 78 valence electrons. The van der Waals surface area contributed by atoms with Gasteiger partial charge in [-0.25, -0.2) is 0 Å². The van der Waals surface area contributed by atoms with Crippen LogP contribution in [0.25, 0.3) is 0 Å². The average molecular weight is 210 g/mol. The first-order valence-electron chi connectivity index (χ1n) is 3.90. The van der Waals surface area contributed by atoms with Crippen molar-refractivity contribution in [3.8, 4) is 0 Å². The standard InChI is InChI=1S/C7H18OSSi.2CH4/c1-5-7-8-10(3,4)9-6-2;;/h5-7H2,1-4H3;2*1H4. The molecule has 0 saturated heterocycles. The van der Waals surface area contributed by atoms with Gasteiger partial charge in [-0.1, -0.05) is 28.7 Å². The Labute approximate surface area is 84.1 Å². The summed E-state index contributed by atoms with van der Waals surface area (Å²) in [5.41, 5.74) is 0. The molecule has 0 aliphatic rings. The number of hydrogen-bond acceptors (Lipinski definition) is 2. The zero-order valence-corrected chi connectivity index (χ0v) is 9.25. The predicted molar refractivity (Wildman–Crippen MR) is 65.3 cm³/mol. The Hall–Kier alpha value is 0.527. The molecule has 0 unspecified atom stereocenters. The lowest BCUT2D eigenvalue weighted by atomic mass is 10.5. The van der Waals surface area contributed by atoms with E-state index in [2.05, 4.69) is 26.9 Å². The van der Waals surface area contributed by atoms with E-state index in [1.807, 2.05) is 11.2 Å². The molecule has 0 heterocycles. The quantitative estimate of drug-likeness (QED) is 0.631. The van der Waals surface area contributed by atoms with Crippen LogP contribution in [0.1, 0.15) is 35.1 Å². The van der Waals surface area contributed by atoms with Crippen LogP contribution >= 0.6 is 11.2 Å². The summed E-state index contributed by atoms with van der Waals surface area (Å²) in [7, 11) is -1.31. The van der Waals surface area contributed by atoms with Crippen LogP contribution in [0.15, 0.2) is 0 Å². The largest absolute Gasteiger partial charge is 0.407 e. The molecule has 0 aliphatic heterocycles. The molecule has 0 aromatic heterocycles.